The van der Waals surface area contributed by atoms with Crippen LogP contribution < -0.4 is 5.32 Å². The molecule has 0 radical (unpaired) electrons. The summed E-state index contributed by atoms with van der Waals surface area (Å²) in [6, 6.07) is 3.83. The van der Waals surface area contributed by atoms with Gasteiger partial charge in [-0.1, -0.05) is 11.8 Å². The first kappa shape index (κ1) is 10.0. The second-order valence-electron chi connectivity index (χ2n) is 2.86. The summed E-state index contributed by atoms with van der Waals surface area (Å²) >= 11 is 1.60. The molecule has 0 aromatic carbocycles. The van der Waals surface area contributed by atoms with Crippen LogP contribution in [-0.2, 0) is 5.75 Å². The second kappa shape index (κ2) is 4.84. The number of thioether (sulfide) groups is 1. The number of nitrogens with zero attached hydrogens (tertiary/aromatic N) is 2. The van der Waals surface area contributed by atoms with E-state index in [-0.39, 0.29) is 0 Å². The Morgan fingerprint density at radius 2 is 2.40 bits per heavy atom. The van der Waals surface area contributed by atoms with Gasteiger partial charge in [0.25, 0.3) is 0 Å². The molecule has 2 aromatic rings. The highest BCUT2D eigenvalue weighted by molar-refractivity contribution is 7.98. The van der Waals surface area contributed by atoms with E-state index in [4.69, 9.17) is 4.42 Å². The van der Waals surface area contributed by atoms with Crippen molar-refractivity contribution in [3.63, 3.8) is 0 Å². The van der Waals surface area contributed by atoms with E-state index in [9.17, 15) is 0 Å². The molecule has 0 aliphatic heterocycles. The summed E-state index contributed by atoms with van der Waals surface area (Å²) in [6.45, 7) is 0. The van der Waals surface area contributed by atoms with Gasteiger partial charge >= 0.3 is 0 Å². The van der Waals surface area contributed by atoms with Crippen LogP contribution >= 0.6 is 11.8 Å². The lowest BCUT2D eigenvalue weighted by molar-refractivity contribution is 0.530. The van der Waals surface area contributed by atoms with E-state index >= 15 is 0 Å². The van der Waals surface area contributed by atoms with E-state index in [0.29, 0.717) is 0 Å². The smallest absolute Gasteiger partial charge is 0.145 e. The maximum atomic E-state index is 5.23. The van der Waals surface area contributed by atoms with Crippen molar-refractivity contribution in [3.05, 3.63) is 36.5 Å². The fourth-order valence-electron chi connectivity index (χ4n) is 1.08. The minimum atomic E-state index is 0.773. The standard InChI is InChI=1S/C10H11N3OS/c1-11-9-5-12-6-10(13-9)15-7-8-3-2-4-14-8/h2-6H,7H2,1H3,(H,11,13). The van der Waals surface area contributed by atoms with E-state index in [1.807, 2.05) is 19.2 Å². The van der Waals surface area contributed by atoms with E-state index in [0.717, 1.165) is 22.4 Å². The molecule has 0 bridgehead atoms. The van der Waals surface area contributed by atoms with Crippen LogP contribution in [-0.4, -0.2) is 17.0 Å². The van der Waals surface area contributed by atoms with Gasteiger partial charge in [0, 0.05) is 7.05 Å². The third-order valence-electron chi connectivity index (χ3n) is 1.81. The molecule has 5 heteroatoms. The zero-order valence-electron chi connectivity index (χ0n) is 8.30. The van der Waals surface area contributed by atoms with Crippen LogP contribution in [0.25, 0.3) is 0 Å². The third kappa shape index (κ3) is 2.73. The van der Waals surface area contributed by atoms with Crippen LogP contribution in [0.15, 0.2) is 40.2 Å². The highest BCUT2D eigenvalue weighted by atomic mass is 32.2. The van der Waals surface area contributed by atoms with Gasteiger partial charge in [-0.2, -0.15) is 0 Å². The molecule has 0 atom stereocenters. The van der Waals surface area contributed by atoms with Crippen LogP contribution in [0.5, 0.6) is 0 Å². The lowest BCUT2D eigenvalue weighted by atomic mass is 10.5. The van der Waals surface area contributed by atoms with E-state index in [2.05, 4.69) is 15.3 Å². The maximum Gasteiger partial charge on any atom is 0.145 e. The van der Waals surface area contributed by atoms with Crippen molar-refractivity contribution >= 4 is 17.6 Å². The zero-order valence-corrected chi connectivity index (χ0v) is 9.12. The van der Waals surface area contributed by atoms with Gasteiger partial charge in [0.1, 0.15) is 16.6 Å². The Bertz CT molecular complexity index is 416. The Morgan fingerprint density at radius 3 is 3.13 bits per heavy atom. The van der Waals surface area contributed by atoms with Gasteiger partial charge in [-0.3, -0.25) is 4.98 Å². The molecule has 0 aliphatic rings. The topological polar surface area (TPSA) is 51.0 Å². The highest BCUT2D eigenvalue weighted by Crippen LogP contribution is 2.21. The predicted octanol–water partition coefficient (Wildman–Crippen LogP) is 2.40. The van der Waals surface area contributed by atoms with Crippen LogP contribution in [0.1, 0.15) is 5.76 Å². The van der Waals surface area contributed by atoms with Gasteiger partial charge in [0.15, 0.2) is 0 Å². The summed E-state index contributed by atoms with van der Waals surface area (Å²) in [4.78, 5) is 8.42. The van der Waals surface area contributed by atoms with Crippen molar-refractivity contribution in [2.24, 2.45) is 0 Å². The number of anilines is 1. The van der Waals surface area contributed by atoms with Gasteiger partial charge in [0.2, 0.25) is 0 Å². The zero-order chi connectivity index (χ0) is 10.5. The minimum Gasteiger partial charge on any atom is -0.468 e. The summed E-state index contributed by atoms with van der Waals surface area (Å²) in [5.74, 6) is 2.49. The van der Waals surface area contributed by atoms with E-state index in [1.165, 1.54) is 0 Å². The number of hydrogen-bond acceptors (Lipinski definition) is 5. The van der Waals surface area contributed by atoms with Gasteiger partial charge < -0.3 is 9.73 Å². The Hall–Kier alpha value is -1.49. The molecule has 15 heavy (non-hydrogen) atoms. The molecule has 2 heterocycles. The lowest BCUT2D eigenvalue weighted by Crippen LogP contribution is -1.94. The van der Waals surface area contributed by atoms with Crippen LogP contribution in [0.3, 0.4) is 0 Å². The molecule has 78 valence electrons. The van der Waals surface area contributed by atoms with Gasteiger partial charge in [-0.15, -0.1) is 0 Å². The molecule has 1 N–H and O–H groups in total. The second-order valence-corrected chi connectivity index (χ2v) is 3.86. The molecular formula is C10H11N3OS. The Kier molecular flexibility index (Phi) is 3.24. The SMILES string of the molecule is CNc1cncc(SCc2ccco2)n1. The Morgan fingerprint density at radius 1 is 1.47 bits per heavy atom. The average molecular weight is 221 g/mol. The van der Waals surface area contributed by atoms with Gasteiger partial charge in [-0.05, 0) is 12.1 Å². The fourth-order valence-corrected chi connectivity index (χ4v) is 1.83. The van der Waals surface area contributed by atoms with Crippen molar-refractivity contribution < 1.29 is 4.42 Å². The molecule has 0 aliphatic carbocycles. The summed E-state index contributed by atoms with van der Waals surface area (Å²) in [6.07, 6.45) is 5.11. The first-order valence-electron chi connectivity index (χ1n) is 4.53. The number of hydrogen-bond donors (Lipinski definition) is 1. The number of furan rings is 1. The van der Waals surface area contributed by atoms with Crippen molar-refractivity contribution in [1.82, 2.24) is 9.97 Å². The van der Waals surface area contributed by atoms with E-state index in [1.54, 1.807) is 30.4 Å². The van der Waals surface area contributed by atoms with Gasteiger partial charge in [0.05, 0.1) is 24.4 Å². The molecule has 4 nitrogen and oxygen atoms in total. The fraction of sp³-hybridized carbons (Fsp3) is 0.200. The predicted molar refractivity (Wildman–Crippen MR) is 59.8 cm³/mol. The first-order valence-corrected chi connectivity index (χ1v) is 5.52. The molecular weight excluding hydrogens is 210 g/mol. The van der Waals surface area contributed by atoms with Crippen molar-refractivity contribution in [1.29, 1.82) is 0 Å². The molecule has 0 spiro atoms. The molecule has 0 saturated carbocycles. The molecule has 0 unspecified atom stereocenters. The Balaban J connectivity index is 1.98. The van der Waals surface area contributed by atoms with Crippen molar-refractivity contribution in [2.75, 3.05) is 12.4 Å². The largest absolute Gasteiger partial charge is 0.468 e. The van der Waals surface area contributed by atoms with Gasteiger partial charge in [-0.25, -0.2) is 4.98 Å². The lowest BCUT2D eigenvalue weighted by Gasteiger charge is -2.01. The third-order valence-corrected chi connectivity index (χ3v) is 2.73. The summed E-state index contributed by atoms with van der Waals surface area (Å²) in [7, 11) is 1.82. The van der Waals surface area contributed by atoms with Crippen molar-refractivity contribution in [3.8, 4) is 0 Å². The molecule has 0 amide bonds. The molecule has 2 aromatic heterocycles. The number of aromatic nitrogens is 2. The summed E-state index contributed by atoms with van der Waals surface area (Å²) in [5.41, 5.74) is 0. The average Bonchev–Trinajstić information content (AvgIpc) is 2.79. The first-order chi connectivity index (χ1) is 7.38. The highest BCUT2D eigenvalue weighted by Gasteiger charge is 2.00. The van der Waals surface area contributed by atoms with Crippen LogP contribution in [0.2, 0.25) is 0 Å². The molecule has 0 fully saturated rings. The number of nitrogens with one attached hydrogen (secondary N) is 1. The van der Waals surface area contributed by atoms with Crippen LogP contribution in [0, 0.1) is 0 Å². The normalized spacial score (nSPS) is 10.2. The quantitative estimate of drug-likeness (QED) is 0.803. The molecule has 2 rings (SSSR count). The number of rotatable bonds is 4. The van der Waals surface area contributed by atoms with E-state index < -0.39 is 0 Å². The van der Waals surface area contributed by atoms with Crippen LogP contribution in [0.4, 0.5) is 5.82 Å². The monoisotopic (exact) mass is 221 g/mol. The minimum absolute atomic E-state index is 0.773. The van der Waals surface area contributed by atoms with Crippen molar-refractivity contribution in [2.45, 2.75) is 10.8 Å². The molecule has 0 saturated heterocycles. The summed E-state index contributed by atoms with van der Waals surface area (Å²) < 4.78 is 5.23. The maximum absolute atomic E-state index is 5.23. The summed E-state index contributed by atoms with van der Waals surface area (Å²) in [5, 5.41) is 3.84. The Labute approximate surface area is 92.1 Å².